The molecule has 96 valence electrons. The second-order valence-corrected chi connectivity index (χ2v) is 7.55. The van der Waals surface area contributed by atoms with Gasteiger partial charge in [0.25, 0.3) is 0 Å². The molecule has 1 aliphatic rings. The van der Waals surface area contributed by atoms with Crippen LogP contribution >= 0.6 is 0 Å². The Bertz CT molecular complexity index is 311. The second-order valence-electron chi connectivity index (χ2n) is 5.72. The second kappa shape index (κ2) is 5.02. The third kappa shape index (κ3) is 4.80. The van der Waals surface area contributed by atoms with Crippen LogP contribution in [0.1, 0.15) is 33.6 Å². The van der Waals surface area contributed by atoms with E-state index in [1.54, 1.807) is 0 Å². The largest absolute Gasteiger partial charge is 0.377 e. The summed E-state index contributed by atoms with van der Waals surface area (Å²) in [5, 5.41) is 0. The zero-order chi connectivity index (χ0) is 12.4. The average molecular weight is 249 g/mol. The normalized spacial score (nSPS) is 28.0. The lowest BCUT2D eigenvalue weighted by Crippen LogP contribution is -2.39. The SMILES string of the molecule is CC(C)(C)C1CCC(CNS(C)(=O)=O)OC1. The summed E-state index contributed by atoms with van der Waals surface area (Å²) in [6.07, 6.45) is 3.26. The minimum Gasteiger partial charge on any atom is -0.377 e. The van der Waals surface area contributed by atoms with Crippen LogP contribution in [0.2, 0.25) is 0 Å². The molecule has 0 aromatic rings. The van der Waals surface area contributed by atoms with Gasteiger partial charge in [-0.2, -0.15) is 0 Å². The number of hydrogen-bond acceptors (Lipinski definition) is 3. The molecule has 0 amide bonds. The fourth-order valence-corrected chi connectivity index (χ4v) is 2.38. The van der Waals surface area contributed by atoms with Gasteiger partial charge in [-0.25, -0.2) is 13.1 Å². The molecule has 0 saturated carbocycles. The molecule has 0 radical (unpaired) electrons. The topological polar surface area (TPSA) is 55.4 Å². The van der Waals surface area contributed by atoms with Gasteiger partial charge in [0, 0.05) is 6.54 Å². The maximum Gasteiger partial charge on any atom is 0.208 e. The van der Waals surface area contributed by atoms with E-state index in [0.29, 0.717) is 12.5 Å². The fraction of sp³-hybridized carbons (Fsp3) is 1.00. The van der Waals surface area contributed by atoms with Crippen LogP contribution in [0.25, 0.3) is 0 Å². The first-order valence-corrected chi connectivity index (χ1v) is 7.64. The Morgan fingerprint density at radius 2 is 1.94 bits per heavy atom. The Morgan fingerprint density at radius 1 is 1.31 bits per heavy atom. The Labute approximate surface area is 98.8 Å². The molecule has 2 unspecified atom stereocenters. The van der Waals surface area contributed by atoms with Gasteiger partial charge in [-0.05, 0) is 24.2 Å². The molecule has 0 spiro atoms. The lowest BCUT2D eigenvalue weighted by atomic mass is 9.77. The standard InChI is InChI=1S/C11H23NO3S/c1-11(2,3)9-5-6-10(15-8-9)7-12-16(4,13)14/h9-10,12H,5-8H2,1-4H3. The van der Waals surface area contributed by atoms with E-state index in [4.69, 9.17) is 4.74 Å². The minimum atomic E-state index is -3.10. The van der Waals surface area contributed by atoms with E-state index in [0.717, 1.165) is 19.4 Å². The molecule has 2 atom stereocenters. The molecule has 0 bridgehead atoms. The van der Waals surface area contributed by atoms with Gasteiger partial charge in [-0.1, -0.05) is 20.8 Å². The lowest BCUT2D eigenvalue weighted by Gasteiger charge is -2.36. The molecule has 1 fully saturated rings. The van der Waals surface area contributed by atoms with Crippen molar-refractivity contribution < 1.29 is 13.2 Å². The predicted molar refractivity (Wildman–Crippen MR) is 64.8 cm³/mol. The van der Waals surface area contributed by atoms with Gasteiger partial charge in [0.15, 0.2) is 0 Å². The van der Waals surface area contributed by atoms with Gasteiger partial charge < -0.3 is 4.74 Å². The molecule has 0 aromatic heterocycles. The van der Waals surface area contributed by atoms with Crippen LogP contribution in [0.3, 0.4) is 0 Å². The van der Waals surface area contributed by atoms with Gasteiger partial charge in [-0.15, -0.1) is 0 Å². The number of sulfonamides is 1. The fourth-order valence-electron chi connectivity index (χ4n) is 1.89. The summed E-state index contributed by atoms with van der Waals surface area (Å²) in [7, 11) is -3.10. The molecule has 4 nitrogen and oxygen atoms in total. The van der Waals surface area contributed by atoms with Crippen LogP contribution in [-0.2, 0) is 14.8 Å². The third-order valence-corrected chi connectivity index (χ3v) is 3.86. The minimum absolute atomic E-state index is 0.0355. The van der Waals surface area contributed by atoms with Crippen molar-refractivity contribution in [3.05, 3.63) is 0 Å². The van der Waals surface area contributed by atoms with E-state index >= 15 is 0 Å². The molecule has 5 heteroatoms. The summed E-state index contributed by atoms with van der Waals surface area (Å²) in [5.41, 5.74) is 0.273. The molecule has 16 heavy (non-hydrogen) atoms. The monoisotopic (exact) mass is 249 g/mol. The number of nitrogens with one attached hydrogen (secondary N) is 1. The highest BCUT2D eigenvalue weighted by atomic mass is 32.2. The first-order valence-electron chi connectivity index (χ1n) is 5.75. The average Bonchev–Trinajstić information content (AvgIpc) is 2.13. The first kappa shape index (κ1) is 13.9. The van der Waals surface area contributed by atoms with Crippen molar-refractivity contribution in [2.24, 2.45) is 11.3 Å². The summed E-state index contributed by atoms with van der Waals surface area (Å²) >= 11 is 0. The van der Waals surface area contributed by atoms with Gasteiger partial charge >= 0.3 is 0 Å². The Balaban J connectivity index is 2.33. The van der Waals surface area contributed by atoms with E-state index in [9.17, 15) is 8.42 Å². The number of hydrogen-bond donors (Lipinski definition) is 1. The van der Waals surface area contributed by atoms with Crippen LogP contribution in [0.5, 0.6) is 0 Å². The molecular formula is C11H23NO3S. The summed E-state index contributed by atoms with van der Waals surface area (Å²) in [4.78, 5) is 0. The van der Waals surface area contributed by atoms with Crippen molar-refractivity contribution in [3.63, 3.8) is 0 Å². The Hall–Kier alpha value is -0.130. The van der Waals surface area contributed by atoms with Gasteiger partial charge in [0.2, 0.25) is 10.0 Å². The maximum absolute atomic E-state index is 10.9. The highest BCUT2D eigenvalue weighted by molar-refractivity contribution is 7.88. The van der Waals surface area contributed by atoms with Crippen molar-refractivity contribution in [2.75, 3.05) is 19.4 Å². The molecule has 1 N–H and O–H groups in total. The highest BCUT2D eigenvalue weighted by Crippen LogP contribution is 2.33. The zero-order valence-electron chi connectivity index (χ0n) is 10.6. The van der Waals surface area contributed by atoms with Crippen LogP contribution in [0.4, 0.5) is 0 Å². The van der Waals surface area contributed by atoms with Crippen LogP contribution in [0, 0.1) is 11.3 Å². The van der Waals surface area contributed by atoms with Gasteiger partial charge in [0.1, 0.15) is 0 Å². The summed E-state index contributed by atoms with van der Waals surface area (Å²) in [6, 6.07) is 0. The Kier molecular flexibility index (Phi) is 4.37. The smallest absolute Gasteiger partial charge is 0.208 e. The van der Waals surface area contributed by atoms with Gasteiger partial charge in [-0.3, -0.25) is 0 Å². The molecule has 0 aromatic carbocycles. The zero-order valence-corrected chi connectivity index (χ0v) is 11.4. The highest BCUT2D eigenvalue weighted by Gasteiger charge is 2.30. The van der Waals surface area contributed by atoms with Crippen molar-refractivity contribution in [3.8, 4) is 0 Å². The third-order valence-electron chi connectivity index (χ3n) is 3.17. The molecule has 1 rings (SSSR count). The molecule has 0 aliphatic carbocycles. The summed E-state index contributed by atoms with van der Waals surface area (Å²) < 4.78 is 30.0. The van der Waals surface area contributed by atoms with E-state index in [-0.39, 0.29) is 11.5 Å². The van der Waals surface area contributed by atoms with E-state index in [1.165, 1.54) is 6.26 Å². The number of rotatable bonds is 3. The molecule has 1 saturated heterocycles. The molecule has 1 aliphatic heterocycles. The van der Waals surface area contributed by atoms with Gasteiger partial charge in [0.05, 0.1) is 19.0 Å². The van der Waals surface area contributed by atoms with Crippen molar-refractivity contribution in [2.45, 2.75) is 39.7 Å². The summed E-state index contributed by atoms with van der Waals surface area (Å²) in [5.74, 6) is 0.571. The van der Waals surface area contributed by atoms with Crippen LogP contribution in [0.15, 0.2) is 0 Å². The first-order chi connectivity index (χ1) is 7.18. The lowest BCUT2D eigenvalue weighted by molar-refractivity contribution is -0.0425. The van der Waals surface area contributed by atoms with E-state index < -0.39 is 10.0 Å². The quantitative estimate of drug-likeness (QED) is 0.822. The van der Waals surface area contributed by atoms with Crippen LogP contribution in [-0.4, -0.2) is 33.9 Å². The van der Waals surface area contributed by atoms with E-state index in [1.807, 2.05) is 0 Å². The Morgan fingerprint density at radius 3 is 2.31 bits per heavy atom. The van der Waals surface area contributed by atoms with Crippen molar-refractivity contribution in [1.29, 1.82) is 0 Å². The maximum atomic E-state index is 10.9. The summed E-state index contributed by atoms with van der Waals surface area (Å²) in [6.45, 7) is 7.79. The van der Waals surface area contributed by atoms with Crippen LogP contribution < -0.4 is 4.72 Å². The van der Waals surface area contributed by atoms with Crippen molar-refractivity contribution in [1.82, 2.24) is 4.72 Å². The predicted octanol–water partition coefficient (Wildman–Crippen LogP) is 1.38. The number of ether oxygens (including phenoxy) is 1. The molecule has 1 heterocycles. The van der Waals surface area contributed by atoms with Crippen molar-refractivity contribution >= 4 is 10.0 Å². The van der Waals surface area contributed by atoms with E-state index in [2.05, 4.69) is 25.5 Å². The molecular weight excluding hydrogens is 226 g/mol.